The summed E-state index contributed by atoms with van der Waals surface area (Å²) in [4.78, 5) is 18.5. The van der Waals surface area contributed by atoms with Gasteiger partial charge in [-0.3, -0.25) is 9.89 Å². The molecule has 0 aliphatic carbocycles. The van der Waals surface area contributed by atoms with E-state index >= 15 is 0 Å². The number of aliphatic hydroxyl groups is 1. The van der Waals surface area contributed by atoms with Gasteiger partial charge in [-0.15, -0.1) is 0 Å². The van der Waals surface area contributed by atoms with E-state index in [4.69, 9.17) is 0 Å². The quantitative estimate of drug-likeness (QED) is 0.797. The Morgan fingerprint density at radius 1 is 1.27 bits per heavy atom. The van der Waals surface area contributed by atoms with Gasteiger partial charge in [0.1, 0.15) is 5.82 Å². The third-order valence-electron chi connectivity index (χ3n) is 5.21. The lowest BCUT2D eigenvalue weighted by atomic mass is 9.88. The average Bonchev–Trinajstić information content (AvgIpc) is 3.10. The van der Waals surface area contributed by atoms with Gasteiger partial charge in [0.2, 0.25) is 5.91 Å². The highest BCUT2D eigenvalue weighted by molar-refractivity contribution is 5.76. The molecule has 1 amide bonds. The number of piperidine rings is 1. The third kappa shape index (κ3) is 5.14. The van der Waals surface area contributed by atoms with Crippen molar-refractivity contribution in [2.45, 2.75) is 51.6 Å². The molecule has 26 heavy (non-hydrogen) atoms. The van der Waals surface area contributed by atoms with E-state index in [0.29, 0.717) is 24.6 Å². The predicted molar refractivity (Wildman–Crippen MR) is 99.5 cm³/mol. The van der Waals surface area contributed by atoms with Gasteiger partial charge in [0.15, 0.2) is 5.82 Å². The Hall–Kier alpha value is -2.21. The van der Waals surface area contributed by atoms with Crippen molar-refractivity contribution in [1.29, 1.82) is 0 Å². The fourth-order valence-electron chi connectivity index (χ4n) is 3.61. The van der Waals surface area contributed by atoms with Crippen LogP contribution in [0.25, 0.3) is 0 Å². The molecule has 2 N–H and O–H groups in total. The normalized spacial score (nSPS) is 16.6. The van der Waals surface area contributed by atoms with Crippen LogP contribution < -0.4 is 0 Å². The number of rotatable bonds is 7. The highest BCUT2D eigenvalue weighted by Crippen LogP contribution is 2.24. The fraction of sp³-hybridized carbons (Fsp3) is 0.550. The molecule has 0 bridgehead atoms. The summed E-state index contributed by atoms with van der Waals surface area (Å²) in [5.41, 5.74) is 1.27. The van der Waals surface area contributed by atoms with E-state index in [2.05, 4.69) is 27.3 Å². The lowest BCUT2D eigenvalue weighted by Crippen LogP contribution is -2.41. The maximum atomic E-state index is 12.4. The van der Waals surface area contributed by atoms with Crippen molar-refractivity contribution in [3.63, 3.8) is 0 Å². The van der Waals surface area contributed by atoms with Gasteiger partial charge in [0, 0.05) is 25.9 Å². The number of H-pyrrole nitrogens is 1. The number of hydrogen-bond donors (Lipinski definition) is 2. The lowest BCUT2D eigenvalue weighted by Gasteiger charge is -2.34. The predicted octanol–water partition coefficient (Wildman–Crippen LogP) is 2.28. The van der Waals surface area contributed by atoms with Gasteiger partial charge in [-0.25, -0.2) is 4.98 Å². The molecule has 1 aromatic carbocycles. The Bertz CT molecular complexity index is 693. The molecule has 1 aliphatic rings. The van der Waals surface area contributed by atoms with Crippen LogP contribution in [0.4, 0.5) is 0 Å². The molecule has 140 valence electrons. The maximum Gasteiger partial charge on any atom is 0.223 e. The Balaban J connectivity index is 1.38. The molecule has 1 aliphatic heterocycles. The minimum absolute atomic E-state index is 0.157. The van der Waals surface area contributed by atoms with E-state index < -0.39 is 0 Å². The lowest BCUT2D eigenvalue weighted by molar-refractivity contribution is -0.133. The molecule has 1 fully saturated rings. The first-order chi connectivity index (χ1) is 12.6. The van der Waals surface area contributed by atoms with Crippen LogP contribution in [-0.2, 0) is 17.6 Å². The van der Waals surface area contributed by atoms with Crippen molar-refractivity contribution in [1.82, 2.24) is 20.1 Å². The SMILES string of the molecule is Cc1nc(CCC(=O)N2CCC(C(O)CCc3ccccc3)CC2)n[nH]1. The minimum atomic E-state index is -0.288. The van der Waals surface area contributed by atoms with Gasteiger partial charge in [-0.2, -0.15) is 5.10 Å². The number of aliphatic hydroxyl groups excluding tert-OH is 1. The van der Waals surface area contributed by atoms with Gasteiger partial charge in [0.25, 0.3) is 0 Å². The van der Waals surface area contributed by atoms with Crippen molar-refractivity contribution >= 4 is 5.91 Å². The zero-order valence-corrected chi connectivity index (χ0v) is 15.4. The first kappa shape index (κ1) is 18.6. The van der Waals surface area contributed by atoms with Crippen LogP contribution in [0.2, 0.25) is 0 Å². The van der Waals surface area contributed by atoms with Crippen LogP contribution in [0.5, 0.6) is 0 Å². The summed E-state index contributed by atoms with van der Waals surface area (Å²) in [6.45, 7) is 3.32. The molecular weight excluding hydrogens is 328 g/mol. The van der Waals surface area contributed by atoms with Crippen LogP contribution in [-0.4, -0.2) is 50.3 Å². The van der Waals surface area contributed by atoms with Gasteiger partial charge >= 0.3 is 0 Å². The number of nitrogens with zero attached hydrogens (tertiary/aromatic N) is 3. The second kappa shape index (κ2) is 8.94. The van der Waals surface area contributed by atoms with Gasteiger partial charge in [0.05, 0.1) is 6.10 Å². The van der Waals surface area contributed by atoms with E-state index in [1.54, 1.807) is 0 Å². The number of benzene rings is 1. The number of hydrogen-bond acceptors (Lipinski definition) is 4. The number of aromatic amines is 1. The van der Waals surface area contributed by atoms with E-state index in [-0.39, 0.29) is 12.0 Å². The highest BCUT2D eigenvalue weighted by Gasteiger charge is 2.27. The number of aromatic nitrogens is 3. The summed E-state index contributed by atoms with van der Waals surface area (Å²) in [7, 11) is 0. The number of carbonyl (C=O) groups excluding carboxylic acids is 1. The number of likely N-dealkylation sites (tertiary alicyclic amines) is 1. The molecule has 1 aromatic heterocycles. The first-order valence-electron chi connectivity index (χ1n) is 9.49. The zero-order valence-electron chi connectivity index (χ0n) is 15.4. The molecule has 2 heterocycles. The van der Waals surface area contributed by atoms with Gasteiger partial charge in [-0.1, -0.05) is 30.3 Å². The molecule has 6 heteroatoms. The zero-order chi connectivity index (χ0) is 18.4. The monoisotopic (exact) mass is 356 g/mol. The standard InChI is InChI=1S/C20H28N4O2/c1-15-21-19(23-22-15)9-10-20(26)24-13-11-17(12-14-24)18(25)8-7-16-5-3-2-4-6-16/h2-6,17-18,25H,7-14H2,1H3,(H,21,22,23). The van der Waals surface area contributed by atoms with Crippen LogP contribution >= 0.6 is 0 Å². The Kier molecular flexibility index (Phi) is 6.39. The second-order valence-corrected chi connectivity index (χ2v) is 7.15. The molecule has 1 atom stereocenters. The summed E-state index contributed by atoms with van der Waals surface area (Å²) in [6, 6.07) is 10.3. The molecule has 0 spiro atoms. The third-order valence-corrected chi connectivity index (χ3v) is 5.21. The number of aryl methyl sites for hydroxylation is 3. The van der Waals surface area contributed by atoms with Crippen LogP contribution in [0.1, 0.15) is 42.9 Å². The molecule has 2 aromatic rings. The van der Waals surface area contributed by atoms with Crippen LogP contribution in [0.15, 0.2) is 30.3 Å². The van der Waals surface area contributed by atoms with Crippen molar-refractivity contribution in [3.8, 4) is 0 Å². The van der Waals surface area contributed by atoms with Gasteiger partial charge in [-0.05, 0) is 44.1 Å². The number of amides is 1. The van der Waals surface area contributed by atoms with Gasteiger partial charge < -0.3 is 10.0 Å². The molecule has 6 nitrogen and oxygen atoms in total. The molecule has 0 saturated carbocycles. The number of nitrogens with one attached hydrogen (secondary N) is 1. The summed E-state index contributed by atoms with van der Waals surface area (Å²) in [5.74, 6) is 1.92. The van der Waals surface area contributed by atoms with E-state index in [0.717, 1.165) is 44.6 Å². The largest absolute Gasteiger partial charge is 0.393 e. The molecular formula is C20H28N4O2. The Morgan fingerprint density at radius 2 is 2.00 bits per heavy atom. The summed E-state index contributed by atoms with van der Waals surface area (Å²) < 4.78 is 0. The maximum absolute atomic E-state index is 12.4. The average molecular weight is 356 g/mol. The molecule has 3 rings (SSSR count). The van der Waals surface area contributed by atoms with Crippen molar-refractivity contribution in [3.05, 3.63) is 47.5 Å². The number of carbonyl (C=O) groups is 1. The molecule has 0 radical (unpaired) electrons. The smallest absolute Gasteiger partial charge is 0.223 e. The van der Waals surface area contributed by atoms with Crippen molar-refractivity contribution in [2.24, 2.45) is 5.92 Å². The first-order valence-corrected chi connectivity index (χ1v) is 9.49. The van der Waals surface area contributed by atoms with Crippen molar-refractivity contribution in [2.75, 3.05) is 13.1 Å². The minimum Gasteiger partial charge on any atom is -0.393 e. The summed E-state index contributed by atoms with van der Waals surface area (Å²) in [5, 5.41) is 17.4. The van der Waals surface area contributed by atoms with Crippen molar-refractivity contribution < 1.29 is 9.90 Å². The van der Waals surface area contributed by atoms with E-state index in [1.165, 1.54) is 5.56 Å². The van der Waals surface area contributed by atoms with Crippen LogP contribution in [0, 0.1) is 12.8 Å². The Morgan fingerprint density at radius 3 is 2.65 bits per heavy atom. The van der Waals surface area contributed by atoms with E-state index in [1.807, 2.05) is 30.0 Å². The highest BCUT2D eigenvalue weighted by atomic mass is 16.3. The topological polar surface area (TPSA) is 82.1 Å². The second-order valence-electron chi connectivity index (χ2n) is 7.15. The molecule has 1 saturated heterocycles. The molecule has 1 unspecified atom stereocenters. The van der Waals surface area contributed by atoms with E-state index in [9.17, 15) is 9.90 Å². The Labute approximate surface area is 154 Å². The summed E-state index contributed by atoms with van der Waals surface area (Å²) in [6.07, 6.45) is 4.16. The fourth-order valence-corrected chi connectivity index (χ4v) is 3.61. The van der Waals surface area contributed by atoms with Crippen LogP contribution in [0.3, 0.4) is 0 Å². The summed E-state index contributed by atoms with van der Waals surface area (Å²) >= 11 is 0.